The second-order valence-corrected chi connectivity index (χ2v) is 6.29. The largest absolute Gasteiger partial charge is 0.369 e. The lowest BCUT2D eigenvalue weighted by Gasteiger charge is -2.27. The van der Waals surface area contributed by atoms with Crippen molar-refractivity contribution in [3.05, 3.63) is 45.1 Å². The number of aryl methyl sites for hydroxylation is 3. The van der Waals surface area contributed by atoms with Gasteiger partial charge in [0.25, 0.3) is 0 Å². The SMILES string of the molecule is CCc1nn2c(c1Br)NCCC2c1cc(C)ccc1C. The van der Waals surface area contributed by atoms with Crippen molar-refractivity contribution >= 4 is 21.7 Å². The van der Waals surface area contributed by atoms with Crippen molar-refractivity contribution in [2.45, 2.75) is 39.7 Å². The Labute approximate surface area is 128 Å². The van der Waals surface area contributed by atoms with Crippen LogP contribution in [0.3, 0.4) is 0 Å². The Morgan fingerprint density at radius 1 is 1.40 bits per heavy atom. The van der Waals surface area contributed by atoms with Crippen LogP contribution < -0.4 is 5.32 Å². The van der Waals surface area contributed by atoms with E-state index in [-0.39, 0.29) is 0 Å². The van der Waals surface area contributed by atoms with Crippen molar-refractivity contribution in [1.29, 1.82) is 0 Å². The molecular formula is C16H20BrN3. The van der Waals surface area contributed by atoms with Gasteiger partial charge >= 0.3 is 0 Å². The topological polar surface area (TPSA) is 29.9 Å². The van der Waals surface area contributed by atoms with Crippen molar-refractivity contribution in [2.24, 2.45) is 0 Å². The Balaban J connectivity index is 2.12. The van der Waals surface area contributed by atoms with Crippen molar-refractivity contribution in [1.82, 2.24) is 9.78 Å². The summed E-state index contributed by atoms with van der Waals surface area (Å²) in [5, 5.41) is 8.28. The van der Waals surface area contributed by atoms with Crippen LogP contribution in [0.1, 0.15) is 41.8 Å². The molecule has 1 N–H and O–H groups in total. The first-order chi connectivity index (χ1) is 9.61. The van der Waals surface area contributed by atoms with E-state index in [1.165, 1.54) is 16.7 Å². The summed E-state index contributed by atoms with van der Waals surface area (Å²) in [7, 11) is 0. The van der Waals surface area contributed by atoms with Gasteiger partial charge in [0, 0.05) is 6.54 Å². The minimum absolute atomic E-state index is 0.336. The number of anilines is 1. The van der Waals surface area contributed by atoms with Crippen LogP contribution in [0, 0.1) is 13.8 Å². The number of fused-ring (bicyclic) bond motifs is 1. The molecule has 0 spiro atoms. The molecular weight excluding hydrogens is 314 g/mol. The van der Waals surface area contributed by atoms with Gasteiger partial charge in [0.2, 0.25) is 0 Å². The molecule has 0 saturated heterocycles. The van der Waals surface area contributed by atoms with E-state index in [1.807, 2.05) is 0 Å². The van der Waals surface area contributed by atoms with Gasteiger partial charge in [0.1, 0.15) is 5.82 Å². The summed E-state index contributed by atoms with van der Waals surface area (Å²) >= 11 is 3.68. The van der Waals surface area contributed by atoms with Crippen LogP contribution in [0.4, 0.5) is 5.82 Å². The van der Waals surface area contributed by atoms with E-state index in [4.69, 9.17) is 5.10 Å². The summed E-state index contributed by atoms with van der Waals surface area (Å²) in [5.41, 5.74) is 5.18. The third-order valence-corrected chi connectivity index (χ3v) is 4.89. The van der Waals surface area contributed by atoms with Crippen LogP contribution >= 0.6 is 15.9 Å². The smallest absolute Gasteiger partial charge is 0.139 e. The van der Waals surface area contributed by atoms with Crippen LogP contribution in [-0.4, -0.2) is 16.3 Å². The molecule has 1 aliphatic rings. The quantitative estimate of drug-likeness (QED) is 0.891. The van der Waals surface area contributed by atoms with Gasteiger partial charge in [-0.15, -0.1) is 0 Å². The fourth-order valence-electron chi connectivity index (χ4n) is 2.93. The monoisotopic (exact) mass is 333 g/mol. The highest BCUT2D eigenvalue weighted by molar-refractivity contribution is 9.10. The maximum atomic E-state index is 4.80. The second-order valence-electron chi connectivity index (χ2n) is 5.50. The third kappa shape index (κ3) is 2.16. The Morgan fingerprint density at radius 2 is 2.20 bits per heavy atom. The Bertz CT molecular complexity index is 645. The molecule has 1 atom stereocenters. The standard InChI is InChI=1S/C16H20BrN3/c1-4-13-15(17)16-18-8-7-14(20(16)19-13)12-9-10(2)5-6-11(12)3/h5-6,9,14,18H,4,7-8H2,1-3H3. The van der Waals surface area contributed by atoms with E-state index in [2.05, 4.69) is 64.9 Å². The summed E-state index contributed by atoms with van der Waals surface area (Å²) in [6.07, 6.45) is 2.02. The van der Waals surface area contributed by atoms with Crippen molar-refractivity contribution in [3.8, 4) is 0 Å². The Hall–Kier alpha value is -1.29. The van der Waals surface area contributed by atoms with Crippen LogP contribution in [0.25, 0.3) is 0 Å². The predicted octanol–water partition coefficient (Wildman–Crippen LogP) is 4.23. The van der Waals surface area contributed by atoms with Crippen LogP contribution in [0.15, 0.2) is 22.7 Å². The lowest BCUT2D eigenvalue weighted by atomic mass is 9.96. The van der Waals surface area contributed by atoms with Crippen molar-refractivity contribution in [2.75, 3.05) is 11.9 Å². The highest BCUT2D eigenvalue weighted by Crippen LogP contribution is 2.37. The van der Waals surface area contributed by atoms with Gasteiger partial charge in [0.15, 0.2) is 0 Å². The normalized spacial score (nSPS) is 17.7. The molecule has 0 fully saturated rings. The fraction of sp³-hybridized carbons (Fsp3) is 0.438. The molecule has 2 heterocycles. The molecule has 0 bridgehead atoms. The summed E-state index contributed by atoms with van der Waals surface area (Å²) in [6, 6.07) is 7.03. The first kappa shape index (κ1) is 13.7. The van der Waals surface area contributed by atoms with E-state index in [1.54, 1.807) is 0 Å². The lowest BCUT2D eigenvalue weighted by molar-refractivity contribution is 0.476. The summed E-state index contributed by atoms with van der Waals surface area (Å²) in [6.45, 7) is 7.48. The summed E-state index contributed by atoms with van der Waals surface area (Å²) < 4.78 is 3.28. The maximum Gasteiger partial charge on any atom is 0.139 e. The van der Waals surface area contributed by atoms with Gasteiger partial charge in [-0.1, -0.05) is 30.7 Å². The Morgan fingerprint density at radius 3 is 2.95 bits per heavy atom. The number of nitrogens with zero attached hydrogens (tertiary/aromatic N) is 2. The van der Waals surface area contributed by atoms with Gasteiger partial charge in [0.05, 0.1) is 16.2 Å². The zero-order chi connectivity index (χ0) is 14.3. The third-order valence-electron chi connectivity index (χ3n) is 4.05. The fourth-order valence-corrected chi connectivity index (χ4v) is 3.61. The number of aromatic nitrogens is 2. The number of halogens is 1. The highest BCUT2D eigenvalue weighted by atomic mass is 79.9. The van der Waals surface area contributed by atoms with E-state index < -0.39 is 0 Å². The first-order valence-electron chi connectivity index (χ1n) is 7.19. The highest BCUT2D eigenvalue weighted by Gasteiger charge is 2.27. The number of hydrogen-bond acceptors (Lipinski definition) is 2. The first-order valence-corrected chi connectivity index (χ1v) is 7.99. The molecule has 4 heteroatoms. The van der Waals surface area contributed by atoms with Crippen molar-refractivity contribution in [3.63, 3.8) is 0 Å². The number of benzene rings is 1. The van der Waals surface area contributed by atoms with E-state index in [0.717, 1.165) is 35.4 Å². The number of nitrogens with one attached hydrogen (secondary N) is 1. The molecule has 0 amide bonds. The molecule has 1 aromatic heterocycles. The maximum absolute atomic E-state index is 4.80. The molecule has 0 saturated carbocycles. The van der Waals surface area contributed by atoms with Crippen LogP contribution in [-0.2, 0) is 6.42 Å². The van der Waals surface area contributed by atoms with Gasteiger partial charge in [-0.05, 0) is 53.7 Å². The Kier molecular flexibility index (Phi) is 3.59. The van der Waals surface area contributed by atoms with Gasteiger partial charge in [-0.3, -0.25) is 0 Å². The molecule has 1 aromatic carbocycles. The lowest BCUT2D eigenvalue weighted by Crippen LogP contribution is -2.25. The second kappa shape index (κ2) is 5.24. The molecule has 0 radical (unpaired) electrons. The molecule has 1 aliphatic heterocycles. The minimum Gasteiger partial charge on any atom is -0.369 e. The molecule has 1 unspecified atom stereocenters. The average Bonchev–Trinajstić information content (AvgIpc) is 2.78. The summed E-state index contributed by atoms with van der Waals surface area (Å²) in [4.78, 5) is 0. The average molecular weight is 334 g/mol. The van der Waals surface area contributed by atoms with Crippen molar-refractivity contribution < 1.29 is 0 Å². The molecule has 2 aromatic rings. The van der Waals surface area contributed by atoms with Gasteiger partial charge in [-0.25, -0.2) is 4.68 Å². The minimum atomic E-state index is 0.336. The zero-order valence-corrected chi connectivity index (χ0v) is 13.8. The molecule has 20 heavy (non-hydrogen) atoms. The molecule has 106 valence electrons. The molecule has 3 nitrogen and oxygen atoms in total. The van der Waals surface area contributed by atoms with E-state index in [0.29, 0.717) is 6.04 Å². The van der Waals surface area contributed by atoms with E-state index >= 15 is 0 Å². The number of hydrogen-bond donors (Lipinski definition) is 1. The summed E-state index contributed by atoms with van der Waals surface area (Å²) in [5.74, 6) is 1.12. The van der Waals surface area contributed by atoms with E-state index in [9.17, 15) is 0 Å². The van der Waals surface area contributed by atoms with Crippen LogP contribution in [0.5, 0.6) is 0 Å². The van der Waals surface area contributed by atoms with Gasteiger partial charge in [-0.2, -0.15) is 5.10 Å². The van der Waals surface area contributed by atoms with Gasteiger partial charge < -0.3 is 5.32 Å². The number of rotatable bonds is 2. The predicted molar refractivity (Wildman–Crippen MR) is 86.5 cm³/mol. The zero-order valence-electron chi connectivity index (χ0n) is 12.2. The molecule has 0 aliphatic carbocycles. The van der Waals surface area contributed by atoms with Crippen LogP contribution in [0.2, 0.25) is 0 Å². The molecule has 3 rings (SSSR count).